The highest BCUT2D eigenvalue weighted by Crippen LogP contribution is 2.02. The molecule has 0 aliphatic rings. The van der Waals surface area contributed by atoms with Gasteiger partial charge in [-0.15, -0.1) is 0 Å². The van der Waals surface area contributed by atoms with Gasteiger partial charge in [-0.1, -0.05) is 26.7 Å². The Bertz CT molecular complexity index is 46.5. The standard InChI is InChI=1S/C8H18N/c1-4-6-8(9-3)7-5-2/h8-9H,1,4-7H2,2-3H3. The van der Waals surface area contributed by atoms with Crippen LogP contribution in [0, 0.1) is 6.92 Å². The van der Waals surface area contributed by atoms with Crippen LogP contribution in [0.4, 0.5) is 0 Å². The van der Waals surface area contributed by atoms with E-state index < -0.39 is 0 Å². The fourth-order valence-corrected chi connectivity index (χ4v) is 1.03. The van der Waals surface area contributed by atoms with Crippen LogP contribution in [0.15, 0.2) is 0 Å². The summed E-state index contributed by atoms with van der Waals surface area (Å²) in [6.45, 7) is 6.03. The predicted octanol–water partition coefficient (Wildman–Crippen LogP) is 1.99. The van der Waals surface area contributed by atoms with Crippen molar-refractivity contribution in [1.82, 2.24) is 5.32 Å². The Morgan fingerprint density at radius 1 is 1.44 bits per heavy atom. The highest BCUT2D eigenvalue weighted by molar-refractivity contribution is 4.63. The van der Waals surface area contributed by atoms with Gasteiger partial charge in [-0.2, -0.15) is 0 Å². The first kappa shape index (κ1) is 8.96. The molecule has 0 fully saturated rings. The number of hydrogen-bond donors (Lipinski definition) is 1. The molecule has 0 aliphatic carbocycles. The first-order chi connectivity index (χ1) is 4.35. The molecule has 1 N–H and O–H groups in total. The lowest BCUT2D eigenvalue weighted by Crippen LogP contribution is -2.24. The van der Waals surface area contributed by atoms with E-state index in [-0.39, 0.29) is 0 Å². The van der Waals surface area contributed by atoms with Gasteiger partial charge in [-0.25, -0.2) is 0 Å². The van der Waals surface area contributed by atoms with Gasteiger partial charge in [0.05, 0.1) is 0 Å². The van der Waals surface area contributed by atoms with Gasteiger partial charge < -0.3 is 5.32 Å². The highest BCUT2D eigenvalue weighted by atomic mass is 14.9. The van der Waals surface area contributed by atoms with Crippen molar-refractivity contribution in [3.63, 3.8) is 0 Å². The molecule has 55 valence electrons. The van der Waals surface area contributed by atoms with Gasteiger partial charge in [-0.05, 0) is 19.9 Å². The van der Waals surface area contributed by atoms with Crippen LogP contribution in [0.25, 0.3) is 0 Å². The summed E-state index contributed by atoms with van der Waals surface area (Å²) in [6.07, 6.45) is 4.81. The summed E-state index contributed by atoms with van der Waals surface area (Å²) in [5.74, 6) is 0. The minimum atomic E-state index is 0.701. The summed E-state index contributed by atoms with van der Waals surface area (Å²) in [5.41, 5.74) is 0. The van der Waals surface area contributed by atoms with Crippen LogP contribution < -0.4 is 5.32 Å². The van der Waals surface area contributed by atoms with Gasteiger partial charge >= 0.3 is 0 Å². The Morgan fingerprint density at radius 3 is 2.44 bits per heavy atom. The van der Waals surface area contributed by atoms with Crippen molar-refractivity contribution in [2.45, 2.75) is 38.6 Å². The Hall–Kier alpha value is -0.0400. The van der Waals surface area contributed by atoms with Crippen LogP contribution in [-0.4, -0.2) is 13.1 Å². The molecule has 0 saturated carbocycles. The van der Waals surface area contributed by atoms with E-state index in [4.69, 9.17) is 0 Å². The molecule has 1 nitrogen and oxygen atoms in total. The maximum absolute atomic E-state index is 3.82. The van der Waals surface area contributed by atoms with E-state index in [0.29, 0.717) is 6.04 Å². The van der Waals surface area contributed by atoms with Crippen molar-refractivity contribution in [2.24, 2.45) is 0 Å². The van der Waals surface area contributed by atoms with Crippen molar-refractivity contribution in [3.8, 4) is 0 Å². The number of rotatable bonds is 5. The van der Waals surface area contributed by atoms with Crippen molar-refractivity contribution in [2.75, 3.05) is 7.05 Å². The molecule has 1 unspecified atom stereocenters. The maximum atomic E-state index is 3.82. The zero-order chi connectivity index (χ0) is 7.11. The SMILES string of the molecule is [CH2]CCC(CCC)NC. The Labute approximate surface area is 58.8 Å². The second-order valence-electron chi connectivity index (χ2n) is 2.42. The third-order valence-corrected chi connectivity index (χ3v) is 1.60. The van der Waals surface area contributed by atoms with Crippen LogP contribution in [0.3, 0.4) is 0 Å². The lowest BCUT2D eigenvalue weighted by molar-refractivity contribution is 0.487. The average Bonchev–Trinajstić information content (AvgIpc) is 1.88. The molecule has 0 spiro atoms. The monoisotopic (exact) mass is 128 g/mol. The van der Waals surface area contributed by atoms with Crippen LogP contribution in [0.2, 0.25) is 0 Å². The minimum absolute atomic E-state index is 0.701. The van der Waals surface area contributed by atoms with E-state index in [1.54, 1.807) is 0 Å². The predicted molar refractivity (Wildman–Crippen MR) is 42.3 cm³/mol. The number of hydrogen-bond acceptors (Lipinski definition) is 1. The molecule has 9 heavy (non-hydrogen) atoms. The minimum Gasteiger partial charge on any atom is -0.317 e. The van der Waals surface area contributed by atoms with Crippen molar-refractivity contribution in [1.29, 1.82) is 0 Å². The summed E-state index contributed by atoms with van der Waals surface area (Å²) in [6, 6.07) is 0.701. The van der Waals surface area contributed by atoms with E-state index in [0.717, 1.165) is 6.42 Å². The van der Waals surface area contributed by atoms with Gasteiger partial charge in [0.2, 0.25) is 0 Å². The molecule has 1 radical (unpaired) electrons. The van der Waals surface area contributed by atoms with Crippen LogP contribution in [0.1, 0.15) is 32.6 Å². The van der Waals surface area contributed by atoms with Gasteiger partial charge in [-0.3, -0.25) is 0 Å². The quantitative estimate of drug-likeness (QED) is 0.597. The second kappa shape index (κ2) is 6.09. The summed E-state index contributed by atoms with van der Waals surface area (Å²) in [5, 5.41) is 3.26. The van der Waals surface area contributed by atoms with Crippen molar-refractivity contribution >= 4 is 0 Å². The Morgan fingerprint density at radius 2 is 2.11 bits per heavy atom. The Kier molecular flexibility index (Phi) is 6.06. The van der Waals surface area contributed by atoms with Gasteiger partial charge in [0.1, 0.15) is 0 Å². The topological polar surface area (TPSA) is 12.0 Å². The highest BCUT2D eigenvalue weighted by Gasteiger charge is 2.00. The molecule has 0 aromatic carbocycles. The molecule has 0 rings (SSSR count). The normalized spacial score (nSPS) is 10.7. The third kappa shape index (κ3) is 4.46. The molecule has 0 bridgehead atoms. The lowest BCUT2D eigenvalue weighted by Gasteiger charge is -2.12. The summed E-state index contributed by atoms with van der Waals surface area (Å²) in [7, 11) is 2.02. The summed E-state index contributed by atoms with van der Waals surface area (Å²) < 4.78 is 0. The average molecular weight is 128 g/mol. The molecule has 1 heteroatoms. The smallest absolute Gasteiger partial charge is 0.00639 e. The van der Waals surface area contributed by atoms with E-state index in [1.165, 1.54) is 19.3 Å². The fraction of sp³-hybridized carbons (Fsp3) is 0.875. The van der Waals surface area contributed by atoms with Crippen molar-refractivity contribution < 1.29 is 0 Å². The third-order valence-electron chi connectivity index (χ3n) is 1.60. The van der Waals surface area contributed by atoms with Crippen LogP contribution >= 0.6 is 0 Å². The molecule has 0 aromatic rings. The van der Waals surface area contributed by atoms with Gasteiger partial charge in [0.15, 0.2) is 0 Å². The number of nitrogens with one attached hydrogen (secondary N) is 1. The first-order valence-corrected chi connectivity index (χ1v) is 3.81. The molecule has 0 saturated heterocycles. The fourth-order valence-electron chi connectivity index (χ4n) is 1.03. The van der Waals surface area contributed by atoms with E-state index in [1.807, 2.05) is 7.05 Å². The molecular formula is C8H18N. The summed E-state index contributed by atoms with van der Waals surface area (Å²) >= 11 is 0. The molecule has 1 atom stereocenters. The molecule has 0 aromatic heterocycles. The molecule has 0 aliphatic heterocycles. The lowest BCUT2D eigenvalue weighted by atomic mass is 10.1. The van der Waals surface area contributed by atoms with Gasteiger partial charge in [0, 0.05) is 6.04 Å². The van der Waals surface area contributed by atoms with E-state index in [2.05, 4.69) is 19.2 Å². The second-order valence-corrected chi connectivity index (χ2v) is 2.42. The van der Waals surface area contributed by atoms with E-state index in [9.17, 15) is 0 Å². The molecule has 0 amide bonds. The summed E-state index contributed by atoms with van der Waals surface area (Å²) in [4.78, 5) is 0. The largest absolute Gasteiger partial charge is 0.317 e. The van der Waals surface area contributed by atoms with Crippen molar-refractivity contribution in [3.05, 3.63) is 6.92 Å². The Balaban J connectivity index is 3.18. The zero-order valence-corrected chi connectivity index (χ0v) is 6.61. The molecule has 0 heterocycles. The van der Waals surface area contributed by atoms with Crippen LogP contribution in [0.5, 0.6) is 0 Å². The molecular weight excluding hydrogens is 110 g/mol. The van der Waals surface area contributed by atoms with E-state index >= 15 is 0 Å². The maximum Gasteiger partial charge on any atom is 0.00639 e. The van der Waals surface area contributed by atoms with Crippen LogP contribution in [-0.2, 0) is 0 Å². The van der Waals surface area contributed by atoms with Gasteiger partial charge in [0.25, 0.3) is 0 Å². The zero-order valence-electron chi connectivity index (χ0n) is 6.61. The first-order valence-electron chi connectivity index (χ1n) is 3.81.